The van der Waals surface area contributed by atoms with Crippen LogP contribution in [0.1, 0.15) is 37.8 Å². The molecule has 1 saturated carbocycles. The molecule has 0 aliphatic heterocycles. The van der Waals surface area contributed by atoms with Crippen LogP contribution < -0.4 is 5.32 Å². The molecule has 0 spiro atoms. The van der Waals surface area contributed by atoms with Gasteiger partial charge in [0, 0.05) is 19.2 Å². The Bertz CT molecular complexity index is 483. The predicted molar refractivity (Wildman–Crippen MR) is 82.6 cm³/mol. The molecule has 6 heteroatoms. The smallest absolute Gasteiger partial charge is 0.223 e. The van der Waals surface area contributed by atoms with Crippen molar-refractivity contribution in [1.29, 1.82) is 0 Å². The molecule has 0 unspecified atom stereocenters. The summed E-state index contributed by atoms with van der Waals surface area (Å²) in [5.41, 5.74) is 0.944. The summed E-state index contributed by atoms with van der Waals surface area (Å²) in [6, 6.07) is 0. The molecule has 4 nitrogen and oxygen atoms in total. The van der Waals surface area contributed by atoms with Crippen LogP contribution in [0.3, 0.4) is 0 Å². The monoisotopic (exact) mass is 359 g/mol. The van der Waals surface area contributed by atoms with E-state index in [-0.39, 0.29) is 17.1 Å². The number of aromatic nitrogens is 2. The van der Waals surface area contributed by atoms with Gasteiger partial charge in [-0.2, -0.15) is 0 Å². The van der Waals surface area contributed by atoms with E-state index in [9.17, 15) is 4.79 Å². The fraction of sp³-hybridized carbons (Fsp3) is 0.643. The highest BCUT2D eigenvalue weighted by molar-refractivity contribution is 9.10. The zero-order valence-corrected chi connectivity index (χ0v) is 13.9. The fourth-order valence-corrected chi connectivity index (χ4v) is 3.54. The molecule has 1 aromatic heterocycles. The summed E-state index contributed by atoms with van der Waals surface area (Å²) < 4.78 is 0.899. The van der Waals surface area contributed by atoms with Crippen molar-refractivity contribution in [1.82, 2.24) is 15.3 Å². The number of amides is 1. The molecule has 0 bridgehead atoms. The summed E-state index contributed by atoms with van der Waals surface area (Å²) in [7, 11) is 1.72. The average molecular weight is 361 g/mol. The number of carbonyl (C=O) groups is 1. The summed E-state index contributed by atoms with van der Waals surface area (Å²) in [5, 5.41) is 3.06. The molecule has 0 radical (unpaired) electrons. The molecule has 110 valence electrons. The molecule has 20 heavy (non-hydrogen) atoms. The van der Waals surface area contributed by atoms with E-state index in [2.05, 4.69) is 31.2 Å². The fourth-order valence-electron chi connectivity index (χ4n) is 3.00. The van der Waals surface area contributed by atoms with E-state index in [1.54, 1.807) is 13.2 Å². The van der Waals surface area contributed by atoms with E-state index in [0.29, 0.717) is 5.92 Å². The van der Waals surface area contributed by atoms with E-state index in [1.807, 2.05) is 0 Å². The maximum absolute atomic E-state index is 11.8. The van der Waals surface area contributed by atoms with Crippen LogP contribution in [0.4, 0.5) is 0 Å². The minimum Gasteiger partial charge on any atom is -0.359 e. The van der Waals surface area contributed by atoms with E-state index >= 15 is 0 Å². The highest BCUT2D eigenvalue weighted by atomic mass is 79.9. The van der Waals surface area contributed by atoms with Crippen LogP contribution in [0.25, 0.3) is 0 Å². The first kappa shape index (κ1) is 15.7. The van der Waals surface area contributed by atoms with Gasteiger partial charge in [0.2, 0.25) is 11.2 Å². The molecule has 1 aromatic rings. The average Bonchev–Trinajstić information content (AvgIpc) is 2.90. The molecule has 1 N–H and O–H groups in total. The van der Waals surface area contributed by atoms with Crippen LogP contribution in [0, 0.1) is 11.8 Å². The zero-order chi connectivity index (χ0) is 14.5. The number of rotatable bonds is 5. The summed E-state index contributed by atoms with van der Waals surface area (Å²) in [4.78, 5) is 20.0. The first-order valence-electron chi connectivity index (χ1n) is 7.00. The van der Waals surface area contributed by atoms with Crippen molar-refractivity contribution in [2.24, 2.45) is 11.8 Å². The van der Waals surface area contributed by atoms with Gasteiger partial charge in [-0.05, 0) is 65.6 Å². The number of hydrogen-bond donors (Lipinski definition) is 1. The van der Waals surface area contributed by atoms with Gasteiger partial charge in [-0.3, -0.25) is 4.79 Å². The van der Waals surface area contributed by atoms with Gasteiger partial charge >= 0.3 is 0 Å². The van der Waals surface area contributed by atoms with Crippen LogP contribution in [-0.4, -0.2) is 22.9 Å². The summed E-state index contributed by atoms with van der Waals surface area (Å²) >= 11 is 9.25. The number of carbonyl (C=O) groups excluding carboxylic acids is 1. The molecule has 1 heterocycles. The molecule has 2 rings (SSSR count). The quantitative estimate of drug-likeness (QED) is 0.819. The second kappa shape index (κ2) is 7.36. The normalized spacial score (nSPS) is 21.9. The summed E-state index contributed by atoms with van der Waals surface area (Å²) in [5.74, 6) is 0.891. The SMILES string of the molecule is CNC(=O)[C@H]1CCC[C@H]1CCCc1nc(Cl)ncc1Br. The molecule has 1 aliphatic rings. The molecule has 0 aromatic carbocycles. The maximum Gasteiger partial charge on any atom is 0.223 e. The van der Waals surface area contributed by atoms with Crippen molar-refractivity contribution in [2.45, 2.75) is 38.5 Å². The van der Waals surface area contributed by atoms with Gasteiger partial charge in [-0.1, -0.05) is 6.42 Å². The van der Waals surface area contributed by atoms with Gasteiger partial charge in [0.25, 0.3) is 0 Å². The van der Waals surface area contributed by atoms with Crippen molar-refractivity contribution < 1.29 is 4.79 Å². The maximum atomic E-state index is 11.8. The van der Waals surface area contributed by atoms with Crippen LogP contribution in [0.2, 0.25) is 5.28 Å². The van der Waals surface area contributed by atoms with Crippen molar-refractivity contribution in [3.05, 3.63) is 21.6 Å². The minimum absolute atomic E-state index is 0.192. The third-order valence-corrected chi connectivity index (χ3v) is 4.86. The highest BCUT2D eigenvalue weighted by Gasteiger charge is 2.31. The second-order valence-corrected chi connectivity index (χ2v) is 6.43. The number of halogens is 2. The lowest BCUT2D eigenvalue weighted by Gasteiger charge is -2.17. The van der Waals surface area contributed by atoms with Gasteiger partial charge in [0.15, 0.2) is 0 Å². The third kappa shape index (κ3) is 3.92. The van der Waals surface area contributed by atoms with Crippen molar-refractivity contribution in [3.63, 3.8) is 0 Å². The Morgan fingerprint density at radius 2 is 2.35 bits per heavy atom. The van der Waals surface area contributed by atoms with Crippen LogP contribution >= 0.6 is 27.5 Å². The first-order valence-corrected chi connectivity index (χ1v) is 8.17. The van der Waals surface area contributed by atoms with E-state index in [4.69, 9.17) is 11.6 Å². The van der Waals surface area contributed by atoms with Gasteiger partial charge in [0.1, 0.15) is 0 Å². The zero-order valence-electron chi connectivity index (χ0n) is 11.5. The Morgan fingerprint density at radius 3 is 3.10 bits per heavy atom. The van der Waals surface area contributed by atoms with E-state index in [0.717, 1.165) is 48.7 Å². The molecule has 0 saturated heterocycles. The summed E-state index contributed by atoms with van der Waals surface area (Å²) in [6.07, 6.45) is 7.96. The van der Waals surface area contributed by atoms with Gasteiger partial charge in [-0.25, -0.2) is 9.97 Å². The Labute approximate surface area is 132 Å². The Kier molecular flexibility index (Phi) is 5.78. The van der Waals surface area contributed by atoms with Crippen LogP contribution in [0.15, 0.2) is 10.7 Å². The lowest BCUT2D eigenvalue weighted by Crippen LogP contribution is -2.29. The van der Waals surface area contributed by atoms with Crippen molar-refractivity contribution >= 4 is 33.4 Å². The predicted octanol–water partition coefficient (Wildman–Crippen LogP) is 3.38. The molecule has 1 aliphatic carbocycles. The van der Waals surface area contributed by atoms with Crippen LogP contribution in [-0.2, 0) is 11.2 Å². The number of hydrogen-bond acceptors (Lipinski definition) is 3. The molecule has 2 atom stereocenters. The Hall–Kier alpha value is -0.680. The van der Waals surface area contributed by atoms with Crippen LogP contribution in [0.5, 0.6) is 0 Å². The Balaban J connectivity index is 1.86. The molecule has 1 fully saturated rings. The van der Waals surface area contributed by atoms with Crippen molar-refractivity contribution in [2.75, 3.05) is 7.05 Å². The second-order valence-electron chi connectivity index (χ2n) is 5.24. The number of aryl methyl sites for hydroxylation is 1. The first-order chi connectivity index (χ1) is 9.61. The number of nitrogens with zero attached hydrogens (tertiary/aromatic N) is 2. The van der Waals surface area contributed by atoms with Gasteiger partial charge < -0.3 is 5.32 Å². The Morgan fingerprint density at radius 1 is 1.55 bits per heavy atom. The number of nitrogens with one attached hydrogen (secondary N) is 1. The van der Waals surface area contributed by atoms with E-state index < -0.39 is 0 Å². The standard InChI is InChI=1S/C14H19BrClN3O/c1-17-13(20)10-6-2-4-9(10)5-3-7-12-11(15)8-18-14(16)19-12/h8-10H,2-7H2,1H3,(H,17,20)/t9-,10-/m0/s1. The lowest BCUT2D eigenvalue weighted by atomic mass is 9.90. The molecule has 1 amide bonds. The highest BCUT2D eigenvalue weighted by Crippen LogP contribution is 2.35. The van der Waals surface area contributed by atoms with Crippen molar-refractivity contribution in [3.8, 4) is 0 Å². The molecular formula is C14H19BrClN3O. The topological polar surface area (TPSA) is 54.9 Å². The van der Waals surface area contributed by atoms with Gasteiger partial charge in [0.05, 0.1) is 10.2 Å². The van der Waals surface area contributed by atoms with Gasteiger partial charge in [-0.15, -0.1) is 0 Å². The minimum atomic E-state index is 0.192. The summed E-state index contributed by atoms with van der Waals surface area (Å²) in [6.45, 7) is 0. The van der Waals surface area contributed by atoms with E-state index in [1.165, 1.54) is 0 Å². The molecular weight excluding hydrogens is 342 g/mol. The largest absolute Gasteiger partial charge is 0.359 e. The lowest BCUT2D eigenvalue weighted by molar-refractivity contribution is -0.125. The third-order valence-electron chi connectivity index (χ3n) is 4.02.